The summed E-state index contributed by atoms with van der Waals surface area (Å²) in [6.45, 7) is 1.50. The number of hydrogen-bond donors (Lipinski definition) is 2. The first-order valence-electron chi connectivity index (χ1n) is 6.72. The van der Waals surface area contributed by atoms with E-state index in [0.717, 1.165) is 6.07 Å². The number of nitrogens with one attached hydrogen (secondary N) is 1. The van der Waals surface area contributed by atoms with Gasteiger partial charge < -0.3 is 11.1 Å². The van der Waals surface area contributed by atoms with Crippen LogP contribution in [0.4, 0.5) is 13.2 Å². The molecule has 1 aromatic rings. The van der Waals surface area contributed by atoms with Crippen LogP contribution in [0.1, 0.15) is 18.1 Å². The Morgan fingerprint density at radius 2 is 1.83 bits per heavy atom. The summed E-state index contributed by atoms with van der Waals surface area (Å²) in [5.74, 6) is 0. The quantitative estimate of drug-likeness (QED) is 0.478. The number of rotatable bonds is 6. The monoisotopic (exact) mass is 326 g/mol. The first-order chi connectivity index (χ1) is 10.8. The third-order valence-electron chi connectivity index (χ3n) is 3.17. The first-order valence-corrected chi connectivity index (χ1v) is 6.72. The van der Waals surface area contributed by atoms with Crippen LogP contribution in [-0.2, 0) is 15.8 Å². The van der Waals surface area contributed by atoms with Crippen molar-refractivity contribution in [3.63, 3.8) is 0 Å². The fraction of sp³-hybridized carbons (Fsp3) is 0.250. The molecule has 0 fully saturated rings. The lowest BCUT2D eigenvalue weighted by Crippen LogP contribution is -2.21. The number of allylic oxidation sites excluding steroid dienone is 2. The van der Waals surface area contributed by atoms with Crippen molar-refractivity contribution in [2.24, 2.45) is 5.73 Å². The summed E-state index contributed by atoms with van der Waals surface area (Å²) in [7, 11) is 1.42. The van der Waals surface area contributed by atoms with E-state index in [1.165, 1.54) is 38.2 Å². The molecule has 3 N–H and O–H groups in total. The van der Waals surface area contributed by atoms with Gasteiger partial charge in [-0.25, -0.2) is 0 Å². The molecule has 0 heterocycles. The van der Waals surface area contributed by atoms with Gasteiger partial charge in [0.25, 0.3) is 0 Å². The van der Waals surface area contributed by atoms with Crippen molar-refractivity contribution in [3.8, 4) is 0 Å². The Bertz CT molecular complexity index is 647. The molecule has 4 nitrogen and oxygen atoms in total. The van der Waals surface area contributed by atoms with Crippen LogP contribution in [0.2, 0.25) is 0 Å². The second-order valence-electron chi connectivity index (χ2n) is 4.79. The predicted octanol–water partition coefficient (Wildman–Crippen LogP) is 2.31. The molecular formula is C16H17F3N2O2. The molecule has 0 saturated heterocycles. The van der Waals surface area contributed by atoms with Gasteiger partial charge in [-0.05, 0) is 19.1 Å². The summed E-state index contributed by atoms with van der Waals surface area (Å²) in [6, 6.07) is 4.22. The Kier molecular flexibility index (Phi) is 6.27. The molecule has 0 aliphatic rings. The molecule has 124 valence electrons. The molecule has 1 aromatic carbocycles. The standard InChI is InChI=1S/C16H17F3N2O2/c1-10(20)13(9-23)11(8-22)7-15(21-2)12-5-3-4-6-14(12)16(17,18)19/h3-10,21H,20H2,1-2H3/b13-11-,15-7-. The van der Waals surface area contributed by atoms with E-state index in [2.05, 4.69) is 5.32 Å². The lowest BCUT2D eigenvalue weighted by molar-refractivity contribution is -0.137. The molecular weight excluding hydrogens is 309 g/mol. The largest absolute Gasteiger partial charge is 0.417 e. The number of hydrogen-bond acceptors (Lipinski definition) is 4. The molecule has 1 atom stereocenters. The molecule has 0 amide bonds. The topological polar surface area (TPSA) is 72.2 Å². The lowest BCUT2D eigenvalue weighted by Gasteiger charge is -2.16. The zero-order chi connectivity index (χ0) is 17.6. The zero-order valence-corrected chi connectivity index (χ0v) is 12.6. The van der Waals surface area contributed by atoms with Crippen LogP contribution < -0.4 is 11.1 Å². The van der Waals surface area contributed by atoms with Crippen molar-refractivity contribution in [2.45, 2.75) is 19.1 Å². The normalized spacial score (nSPS) is 14.8. The number of alkyl halides is 3. The van der Waals surface area contributed by atoms with E-state index < -0.39 is 17.8 Å². The molecule has 0 aromatic heterocycles. The van der Waals surface area contributed by atoms with E-state index in [1.807, 2.05) is 0 Å². The highest BCUT2D eigenvalue weighted by molar-refractivity contribution is 5.92. The predicted molar refractivity (Wildman–Crippen MR) is 81.3 cm³/mol. The fourth-order valence-electron chi connectivity index (χ4n) is 2.03. The number of halogens is 3. The van der Waals surface area contributed by atoms with Crippen molar-refractivity contribution in [1.29, 1.82) is 0 Å². The maximum Gasteiger partial charge on any atom is 0.417 e. The summed E-state index contributed by atoms with van der Waals surface area (Å²) in [5, 5.41) is 2.62. The molecule has 23 heavy (non-hydrogen) atoms. The minimum absolute atomic E-state index is 0.0113. The van der Waals surface area contributed by atoms with E-state index in [0.29, 0.717) is 12.6 Å². The third-order valence-corrected chi connectivity index (χ3v) is 3.17. The number of benzene rings is 1. The van der Waals surface area contributed by atoms with Crippen molar-refractivity contribution < 1.29 is 22.8 Å². The van der Waals surface area contributed by atoms with Crippen molar-refractivity contribution in [1.82, 2.24) is 5.32 Å². The highest BCUT2D eigenvalue weighted by Crippen LogP contribution is 2.34. The highest BCUT2D eigenvalue weighted by Gasteiger charge is 2.33. The van der Waals surface area contributed by atoms with Gasteiger partial charge in [0.1, 0.15) is 6.29 Å². The Labute approximate surface area is 131 Å². The van der Waals surface area contributed by atoms with E-state index in [4.69, 9.17) is 5.73 Å². The number of aldehydes is 2. The maximum absolute atomic E-state index is 13.1. The minimum Gasteiger partial charge on any atom is -0.388 e. The molecule has 0 saturated carbocycles. The van der Waals surface area contributed by atoms with E-state index in [-0.39, 0.29) is 22.4 Å². The summed E-state index contributed by atoms with van der Waals surface area (Å²) >= 11 is 0. The molecule has 1 rings (SSSR count). The van der Waals surface area contributed by atoms with Gasteiger partial charge in [0.15, 0.2) is 6.29 Å². The SMILES string of the molecule is CN/C(=C\C(C=O)=C(/C=O)C(C)N)c1ccccc1C(F)(F)F. The minimum atomic E-state index is -4.55. The van der Waals surface area contributed by atoms with Gasteiger partial charge in [0, 0.05) is 35.5 Å². The molecule has 7 heteroatoms. The summed E-state index contributed by atoms with van der Waals surface area (Å²) in [5.41, 5.74) is 4.62. The molecule has 1 unspecified atom stereocenters. The van der Waals surface area contributed by atoms with E-state index >= 15 is 0 Å². The Balaban J connectivity index is 3.56. The van der Waals surface area contributed by atoms with Crippen molar-refractivity contribution in [3.05, 3.63) is 52.6 Å². The lowest BCUT2D eigenvalue weighted by atomic mass is 9.99. The molecule has 0 radical (unpaired) electrons. The Morgan fingerprint density at radius 1 is 1.22 bits per heavy atom. The van der Waals surface area contributed by atoms with E-state index in [9.17, 15) is 22.8 Å². The van der Waals surface area contributed by atoms with Crippen LogP contribution in [0.25, 0.3) is 5.70 Å². The van der Waals surface area contributed by atoms with E-state index in [1.54, 1.807) is 0 Å². The second kappa shape index (κ2) is 7.73. The van der Waals surface area contributed by atoms with Gasteiger partial charge in [0.05, 0.1) is 5.56 Å². The second-order valence-corrected chi connectivity index (χ2v) is 4.79. The van der Waals surface area contributed by atoms with Crippen LogP contribution in [0.3, 0.4) is 0 Å². The van der Waals surface area contributed by atoms with Gasteiger partial charge >= 0.3 is 6.18 Å². The van der Waals surface area contributed by atoms with Crippen LogP contribution in [0, 0.1) is 0 Å². The number of carbonyl (C=O) groups excluding carboxylic acids is 2. The number of carbonyl (C=O) groups is 2. The molecule has 0 bridgehead atoms. The average molecular weight is 326 g/mol. The van der Waals surface area contributed by atoms with Crippen LogP contribution >= 0.6 is 0 Å². The van der Waals surface area contributed by atoms with Crippen molar-refractivity contribution >= 4 is 18.3 Å². The smallest absolute Gasteiger partial charge is 0.388 e. The van der Waals surface area contributed by atoms with Gasteiger partial charge in [-0.15, -0.1) is 0 Å². The number of nitrogens with two attached hydrogens (primary N) is 1. The van der Waals surface area contributed by atoms with Crippen molar-refractivity contribution in [2.75, 3.05) is 7.05 Å². The van der Waals surface area contributed by atoms with Gasteiger partial charge in [0.2, 0.25) is 0 Å². The van der Waals surface area contributed by atoms with Crippen LogP contribution in [-0.4, -0.2) is 25.7 Å². The average Bonchev–Trinajstić information content (AvgIpc) is 2.50. The fourth-order valence-corrected chi connectivity index (χ4v) is 2.03. The summed E-state index contributed by atoms with van der Waals surface area (Å²) in [6.07, 6.45) is -2.55. The first kappa shape index (κ1) is 18.6. The van der Waals surface area contributed by atoms with Crippen LogP contribution in [0.5, 0.6) is 0 Å². The Hall–Kier alpha value is -2.41. The zero-order valence-electron chi connectivity index (χ0n) is 12.6. The highest BCUT2D eigenvalue weighted by atomic mass is 19.4. The van der Waals surface area contributed by atoms with Gasteiger partial charge in [-0.2, -0.15) is 13.2 Å². The Morgan fingerprint density at radius 3 is 2.26 bits per heavy atom. The third kappa shape index (κ3) is 4.53. The summed E-state index contributed by atoms with van der Waals surface area (Å²) < 4.78 is 39.3. The maximum atomic E-state index is 13.1. The van der Waals surface area contributed by atoms with Gasteiger partial charge in [-0.3, -0.25) is 9.59 Å². The molecule has 0 aliphatic heterocycles. The van der Waals surface area contributed by atoms with Crippen LogP contribution in [0.15, 0.2) is 41.5 Å². The molecule has 0 aliphatic carbocycles. The van der Waals surface area contributed by atoms with Gasteiger partial charge in [-0.1, -0.05) is 18.2 Å². The summed E-state index contributed by atoms with van der Waals surface area (Å²) in [4.78, 5) is 22.3. The molecule has 0 spiro atoms.